The van der Waals surface area contributed by atoms with Crippen molar-refractivity contribution >= 4 is 29.3 Å². The van der Waals surface area contributed by atoms with Gasteiger partial charge >= 0.3 is 0 Å². The maximum atomic E-state index is 11.9. The average Bonchev–Trinajstić information content (AvgIpc) is 2.61. The van der Waals surface area contributed by atoms with Crippen molar-refractivity contribution in [3.63, 3.8) is 0 Å². The second kappa shape index (κ2) is 9.27. The quantitative estimate of drug-likeness (QED) is 0.710. The van der Waals surface area contributed by atoms with Crippen molar-refractivity contribution < 1.29 is 14.4 Å². The molecule has 0 atom stereocenters. The van der Waals surface area contributed by atoms with Crippen LogP contribution in [0.4, 0.5) is 0 Å². The Labute approximate surface area is 146 Å². The van der Waals surface area contributed by atoms with Crippen molar-refractivity contribution in [3.8, 4) is 0 Å². The van der Waals surface area contributed by atoms with Crippen LogP contribution in [0.3, 0.4) is 0 Å². The molecule has 1 fully saturated rings. The third kappa shape index (κ3) is 5.85. The van der Waals surface area contributed by atoms with Gasteiger partial charge in [-0.15, -0.1) is 0 Å². The van der Waals surface area contributed by atoms with Gasteiger partial charge in [0.05, 0.1) is 0 Å². The number of carbonyl (C=O) groups is 3. The molecule has 24 heavy (non-hydrogen) atoms. The van der Waals surface area contributed by atoms with Crippen LogP contribution in [-0.4, -0.2) is 24.3 Å². The van der Waals surface area contributed by atoms with Crippen molar-refractivity contribution in [1.29, 1.82) is 0 Å². The standard InChI is InChI=1S/C17H22ClN3O3/c18-14-8-6-13(7-9-14)16(23)19-11-10-15(22)20-21-17(24)12-4-2-1-3-5-12/h6-9,12H,1-5,10-11H2,(H,19,23)(H,20,22)(H,21,24). The summed E-state index contributed by atoms with van der Waals surface area (Å²) in [5.74, 6) is -0.752. The Balaban J connectivity index is 1.63. The molecule has 1 aromatic rings. The molecular formula is C17H22ClN3O3. The first kappa shape index (κ1) is 18.3. The third-order valence-corrected chi connectivity index (χ3v) is 4.30. The Kier molecular flexibility index (Phi) is 7.06. The molecule has 0 radical (unpaired) electrons. The molecule has 0 aliphatic heterocycles. The monoisotopic (exact) mass is 351 g/mol. The zero-order chi connectivity index (χ0) is 17.4. The zero-order valence-electron chi connectivity index (χ0n) is 13.4. The topological polar surface area (TPSA) is 87.3 Å². The highest BCUT2D eigenvalue weighted by Gasteiger charge is 2.21. The summed E-state index contributed by atoms with van der Waals surface area (Å²) in [7, 11) is 0. The van der Waals surface area contributed by atoms with E-state index < -0.39 is 0 Å². The number of halogens is 1. The number of hydrogen-bond donors (Lipinski definition) is 3. The van der Waals surface area contributed by atoms with Gasteiger partial charge in [0.1, 0.15) is 0 Å². The highest BCUT2D eigenvalue weighted by Crippen LogP contribution is 2.23. The lowest BCUT2D eigenvalue weighted by Gasteiger charge is -2.20. The third-order valence-electron chi connectivity index (χ3n) is 4.05. The molecule has 1 saturated carbocycles. The Morgan fingerprint density at radius 3 is 2.33 bits per heavy atom. The van der Waals surface area contributed by atoms with Gasteiger partial charge in [0, 0.05) is 29.5 Å². The van der Waals surface area contributed by atoms with Crippen LogP contribution in [-0.2, 0) is 9.59 Å². The second-order valence-corrected chi connectivity index (χ2v) is 6.32. The largest absolute Gasteiger partial charge is 0.352 e. The van der Waals surface area contributed by atoms with E-state index in [4.69, 9.17) is 11.6 Å². The van der Waals surface area contributed by atoms with Gasteiger partial charge in [-0.05, 0) is 37.1 Å². The van der Waals surface area contributed by atoms with Gasteiger partial charge in [-0.3, -0.25) is 25.2 Å². The minimum Gasteiger partial charge on any atom is -0.352 e. The molecule has 2 rings (SSSR count). The predicted octanol–water partition coefficient (Wildman–Crippen LogP) is 2.19. The Morgan fingerprint density at radius 2 is 1.67 bits per heavy atom. The van der Waals surface area contributed by atoms with Gasteiger partial charge in [0.15, 0.2) is 0 Å². The molecule has 0 saturated heterocycles. The predicted molar refractivity (Wildman–Crippen MR) is 91.3 cm³/mol. The number of amides is 3. The van der Waals surface area contributed by atoms with Gasteiger partial charge < -0.3 is 5.32 Å². The maximum absolute atomic E-state index is 11.9. The van der Waals surface area contributed by atoms with Gasteiger partial charge in [-0.1, -0.05) is 30.9 Å². The Bertz CT molecular complexity index is 583. The van der Waals surface area contributed by atoms with Crippen LogP contribution in [0.25, 0.3) is 0 Å². The maximum Gasteiger partial charge on any atom is 0.251 e. The smallest absolute Gasteiger partial charge is 0.251 e. The molecule has 3 amide bonds. The first-order valence-corrected chi connectivity index (χ1v) is 8.56. The molecule has 0 spiro atoms. The summed E-state index contributed by atoms with van der Waals surface area (Å²) in [5, 5.41) is 3.20. The summed E-state index contributed by atoms with van der Waals surface area (Å²) in [4.78, 5) is 35.4. The van der Waals surface area contributed by atoms with E-state index in [-0.39, 0.29) is 36.6 Å². The normalized spacial score (nSPS) is 14.7. The lowest BCUT2D eigenvalue weighted by Crippen LogP contribution is -2.45. The molecule has 7 heteroatoms. The van der Waals surface area contributed by atoms with Gasteiger partial charge in [-0.2, -0.15) is 0 Å². The summed E-state index contributed by atoms with van der Waals surface area (Å²) in [6.45, 7) is 0.187. The van der Waals surface area contributed by atoms with E-state index in [0.29, 0.717) is 10.6 Å². The molecule has 0 bridgehead atoms. The molecule has 3 N–H and O–H groups in total. The van der Waals surface area contributed by atoms with E-state index in [1.807, 2.05) is 0 Å². The van der Waals surface area contributed by atoms with Crippen molar-refractivity contribution in [1.82, 2.24) is 16.2 Å². The summed E-state index contributed by atoms with van der Waals surface area (Å²) in [6.07, 6.45) is 5.12. The van der Waals surface area contributed by atoms with E-state index in [9.17, 15) is 14.4 Å². The van der Waals surface area contributed by atoms with Crippen LogP contribution in [0.2, 0.25) is 5.02 Å². The van der Waals surface area contributed by atoms with Crippen LogP contribution in [0, 0.1) is 5.92 Å². The summed E-state index contributed by atoms with van der Waals surface area (Å²) >= 11 is 5.76. The van der Waals surface area contributed by atoms with Crippen LogP contribution in [0.15, 0.2) is 24.3 Å². The number of nitrogens with one attached hydrogen (secondary N) is 3. The highest BCUT2D eigenvalue weighted by molar-refractivity contribution is 6.30. The number of rotatable bonds is 5. The molecule has 0 unspecified atom stereocenters. The zero-order valence-corrected chi connectivity index (χ0v) is 14.2. The van der Waals surface area contributed by atoms with E-state index >= 15 is 0 Å². The number of benzene rings is 1. The van der Waals surface area contributed by atoms with Crippen molar-refractivity contribution in [2.45, 2.75) is 38.5 Å². The highest BCUT2D eigenvalue weighted by atomic mass is 35.5. The lowest BCUT2D eigenvalue weighted by atomic mass is 9.89. The average molecular weight is 352 g/mol. The first-order valence-electron chi connectivity index (χ1n) is 8.19. The number of hydrogen-bond acceptors (Lipinski definition) is 3. The van der Waals surface area contributed by atoms with Gasteiger partial charge in [-0.25, -0.2) is 0 Å². The molecule has 1 aliphatic rings. The van der Waals surface area contributed by atoms with Crippen LogP contribution in [0.5, 0.6) is 0 Å². The minimum atomic E-state index is -0.337. The molecular weight excluding hydrogens is 330 g/mol. The Morgan fingerprint density at radius 1 is 1.00 bits per heavy atom. The fourth-order valence-electron chi connectivity index (χ4n) is 2.65. The molecule has 0 aromatic heterocycles. The molecule has 1 aromatic carbocycles. The molecule has 0 heterocycles. The molecule has 6 nitrogen and oxygen atoms in total. The second-order valence-electron chi connectivity index (χ2n) is 5.89. The first-order chi connectivity index (χ1) is 11.6. The molecule has 130 valence electrons. The van der Waals surface area contributed by atoms with Crippen LogP contribution >= 0.6 is 11.6 Å². The van der Waals surface area contributed by atoms with E-state index in [1.54, 1.807) is 24.3 Å². The lowest BCUT2D eigenvalue weighted by molar-refractivity contribution is -0.131. The Hall–Kier alpha value is -2.08. The van der Waals surface area contributed by atoms with Crippen molar-refractivity contribution in [2.75, 3.05) is 6.54 Å². The van der Waals surface area contributed by atoms with Crippen molar-refractivity contribution in [3.05, 3.63) is 34.9 Å². The summed E-state index contributed by atoms with van der Waals surface area (Å²) in [6, 6.07) is 6.48. The van der Waals surface area contributed by atoms with Crippen molar-refractivity contribution in [2.24, 2.45) is 5.92 Å². The molecule has 1 aliphatic carbocycles. The van der Waals surface area contributed by atoms with E-state index in [1.165, 1.54) is 6.42 Å². The number of carbonyl (C=O) groups excluding carboxylic acids is 3. The van der Waals surface area contributed by atoms with Crippen LogP contribution < -0.4 is 16.2 Å². The van der Waals surface area contributed by atoms with Gasteiger partial charge in [0.2, 0.25) is 11.8 Å². The summed E-state index contributed by atoms with van der Waals surface area (Å²) < 4.78 is 0. The van der Waals surface area contributed by atoms with Crippen LogP contribution in [0.1, 0.15) is 48.9 Å². The summed E-state index contributed by atoms with van der Waals surface area (Å²) in [5.41, 5.74) is 5.33. The van der Waals surface area contributed by atoms with E-state index in [2.05, 4.69) is 16.2 Å². The van der Waals surface area contributed by atoms with E-state index in [0.717, 1.165) is 25.7 Å². The fourth-order valence-corrected chi connectivity index (χ4v) is 2.78. The number of hydrazine groups is 1. The minimum absolute atomic E-state index is 0.0105. The fraction of sp³-hybridized carbons (Fsp3) is 0.471. The van der Waals surface area contributed by atoms with Gasteiger partial charge in [0.25, 0.3) is 5.91 Å². The SMILES string of the molecule is O=C(CCNC(=O)c1ccc(Cl)cc1)NNC(=O)C1CCCCC1.